The van der Waals surface area contributed by atoms with Gasteiger partial charge in [-0.05, 0) is 28.9 Å². The summed E-state index contributed by atoms with van der Waals surface area (Å²) in [6.45, 7) is 1.59. The van der Waals surface area contributed by atoms with Gasteiger partial charge in [0.25, 0.3) is 10.0 Å². The van der Waals surface area contributed by atoms with Gasteiger partial charge < -0.3 is 0 Å². The predicted molar refractivity (Wildman–Crippen MR) is 65.6 cm³/mol. The van der Waals surface area contributed by atoms with Crippen molar-refractivity contribution in [3.63, 3.8) is 0 Å². The molecule has 1 rings (SSSR count). The molecule has 15 heavy (non-hydrogen) atoms. The zero-order valence-corrected chi connectivity index (χ0v) is 11.6. The molecule has 3 nitrogen and oxygen atoms in total. The molecule has 82 valence electrons. The Hall–Kier alpha value is -0.0600. The number of thiophene rings is 1. The second-order valence-electron chi connectivity index (χ2n) is 2.70. The summed E-state index contributed by atoms with van der Waals surface area (Å²) in [5.41, 5.74) is 0. The number of sulfonamides is 1. The summed E-state index contributed by atoms with van der Waals surface area (Å²) in [6, 6.07) is 0.830. The van der Waals surface area contributed by atoms with E-state index in [1.165, 1.54) is 6.07 Å². The summed E-state index contributed by atoms with van der Waals surface area (Å²) < 4.78 is 26.4. The Morgan fingerprint density at radius 1 is 1.73 bits per heavy atom. The molecular formula is C8H7BrClNO2S2. The number of rotatable bonds is 3. The van der Waals surface area contributed by atoms with E-state index in [9.17, 15) is 8.42 Å². The van der Waals surface area contributed by atoms with Crippen LogP contribution in [0, 0.1) is 12.3 Å². The van der Waals surface area contributed by atoms with Crippen molar-refractivity contribution in [1.82, 2.24) is 4.72 Å². The van der Waals surface area contributed by atoms with Crippen molar-refractivity contribution < 1.29 is 8.42 Å². The summed E-state index contributed by atoms with van der Waals surface area (Å²) in [6.07, 6.45) is 5.08. The highest BCUT2D eigenvalue weighted by molar-refractivity contribution is 9.11. The first-order valence-corrected chi connectivity index (χ1v) is 7.27. The zero-order valence-electron chi connectivity index (χ0n) is 7.62. The first-order valence-electron chi connectivity index (χ1n) is 3.80. The molecule has 0 amide bonds. The van der Waals surface area contributed by atoms with Gasteiger partial charge in [0.2, 0.25) is 0 Å². The molecule has 1 unspecified atom stereocenters. The van der Waals surface area contributed by atoms with E-state index in [4.69, 9.17) is 18.0 Å². The largest absolute Gasteiger partial charge is 0.251 e. The van der Waals surface area contributed by atoms with Crippen molar-refractivity contribution in [1.29, 1.82) is 0 Å². The first-order chi connectivity index (χ1) is 6.86. The van der Waals surface area contributed by atoms with Gasteiger partial charge in [0.1, 0.15) is 4.21 Å². The molecule has 1 heterocycles. The smallest absolute Gasteiger partial charge is 0.206 e. The Kier molecular flexibility index (Phi) is 4.20. The topological polar surface area (TPSA) is 46.2 Å². The Labute approximate surface area is 106 Å². The monoisotopic (exact) mass is 327 g/mol. The van der Waals surface area contributed by atoms with Gasteiger partial charge in [0, 0.05) is 0 Å². The maximum absolute atomic E-state index is 11.7. The highest BCUT2D eigenvalue weighted by atomic mass is 79.9. The van der Waals surface area contributed by atoms with E-state index in [1.54, 1.807) is 6.92 Å². The van der Waals surface area contributed by atoms with Crippen molar-refractivity contribution in [3.8, 4) is 12.3 Å². The number of nitrogens with one attached hydrogen (secondary N) is 1. The van der Waals surface area contributed by atoms with E-state index in [1.807, 2.05) is 0 Å². The summed E-state index contributed by atoms with van der Waals surface area (Å²) in [4.78, 5) is 0. The molecule has 0 saturated carbocycles. The fourth-order valence-corrected chi connectivity index (χ4v) is 4.36. The highest BCUT2D eigenvalue weighted by Crippen LogP contribution is 2.34. The van der Waals surface area contributed by atoms with E-state index in [0.29, 0.717) is 8.81 Å². The number of terminal acetylenes is 1. The van der Waals surface area contributed by atoms with Crippen LogP contribution >= 0.6 is 38.9 Å². The highest BCUT2D eigenvalue weighted by Gasteiger charge is 2.20. The third-order valence-electron chi connectivity index (χ3n) is 1.47. The molecule has 1 aromatic rings. The van der Waals surface area contributed by atoms with Gasteiger partial charge >= 0.3 is 0 Å². The minimum absolute atomic E-state index is 0.140. The average molecular weight is 329 g/mol. The SMILES string of the molecule is C#CC(C)NS(=O)(=O)c1cc(Cl)c(Br)s1. The maximum Gasteiger partial charge on any atom is 0.251 e. The first kappa shape index (κ1) is 13.0. The van der Waals surface area contributed by atoms with Gasteiger partial charge in [-0.15, -0.1) is 17.8 Å². The van der Waals surface area contributed by atoms with Crippen molar-refractivity contribution in [2.75, 3.05) is 0 Å². The Balaban J connectivity index is 3.03. The van der Waals surface area contributed by atoms with Crippen molar-refractivity contribution in [2.24, 2.45) is 0 Å². The molecule has 0 fully saturated rings. The average Bonchev–Trinajstić information content (AvgIpc) is 2.47. The Bertz CT molecular complexity index is 484. The normalized spacial score (nSPS) is 13.5. The van der Waals surface area contributed by atoms with E-state index < -0.39 is 16.1 Å². The minimum Gasteiger partial charge on any atom is -0.206 e. The van der Waals surface area contributed by atoms with Crippen LogP contribution in [0.15, 0.2) is 14.1 Å². The van der Waals surface area contributed by atoms with Crippen molar-refractivity contribution in [2.45, 2.75) is 17.2 Å². The second-order valence-corrected chi connectivity index (χ2v) is 7.41. The molecule has 0 aliphatic carbocycles. The van der Waals surface area contributed by atoms with Crippen LogP contribution in [0.1, 0.15) is 6.92 Å². The molecule has 1 atom stereocenters. The van der Waals surface area contributed by atoms with E-state index in [0.717, 1.165) is 11.3 Å². The van der Waals surface area contributed by atoms with E-state index in [-0.39, 0.29) is 4.21 Å². The quantitative estimate of drug-likeness (QED) is 0.866. The number of hydrogen-bond acceptors (Lipinski definition) is 3. The summed E-state index contributed by atoms with van der Waals surface area (Å²) in [7, 11) is -3.56. The van der Waals surface area contributed by atoms with Gasteiger partial charge in [-0.1, -0.05) is 17.5 Å². The van der Waals surface area contributed by atoms with E-state index >= 15 is 0 Å². The molecule has 0 spiro atoms. The standard InChI is InChI=1S/C8H7BrClNO2S2/c1-3-5(2)11-15(12,13)7-4-6(10)8(9)14-7/h1,4-5,11H,2H3. The van der Waals surface area contributed by atoms with E-state index in [2.05, 4.69) is 26.6 Å². The van der Waals surface area contributed by atoms with Gasteiger partial charge in [-0.3, -0.25) is 0 Å². The predicted octanol–water partition coefficient (Wildman–Crippen LogP) is 2.46. The molecular weight excluding hydrogens is 322 g/mol. The lowest BCUT2D eigenvalue weighted by Gasteiger charge is -2.06. The molecule has 0 radical (unpaired) electrons. The fraction of sp³-hybridized carbons (Fsp3) is 0.250. The molecule has 0 aliphatic rings. The molecule has 0 saturated heterocycles. The lowest BCUT2D eigenvalue weighted by molar-refractivity contribution is 0.580. The van der Waals surface area contributed by atoms with Crippen LogP contribution in [0.4, 0.5) is 0 Å². The molecule has 1 N–H and O–H groups in total. The van der Waals surface area contributed by atoms with Crippen LogP contribution < -0.4 is 4.72 Å². The number of halogens is 2. The molecule has 0 bridgehead atoms. The molecule has 1 aromatic heterocycles. The van der Waals surface area contributed by atoms with Crippen LogP contribution in [0.5, 0.6) is 0 Å². The van der Waals surface area contributed by atoms with Crippen molar-refractivity contribution in [3.05, 3.63) is 14.9 Å². The van der Waals surface area contributed by atoms with Crippen LogP contribution in [-0.4, -0.2) is 14.5 Å². The van der Waals surface area contributed by atoms with Crippen molar-refractivity contribution >= 4 is 48.9 Å². The Morgan fingerprint density at radius 2 is 2.33 bits per heavy atom. The molecule has 0 aliphatic heterocycles. The summed E-state index contributed by atoms with van der Waals surface area (Å²) in [5, 5.41) is 0.369. The number of hydrogen-bond donors (Lipinski definition) is 1. The van der Waals surface area contributed by atoms with Crippen LogP contribution in [-0.2, 0) is 10.0 Å². The maximum atomic E-state index is 11.7. The van der Waals surface area contributed by atoms with Crippen LogP contribution in [0.25, 0.3) is 0 Å². The van der Waals surface area contributed by atoms with Gasteiger partial charge in [-0.2, -0.15) is 4.72 Å². The third kappa shape index (κ3) is 3.20. The lowest BCUT2D eigenvalue weighted by Crippen LogP contribution is -2.30. The Morgan fingerprint density at radius 3 is 2.73 bits per heavy atom. The molecule has 7 heteroatoms. The van der Waals surface area contributed by atoms with Gasteiger partial charge in [0.15, 0.2) is 0 Å². The lowest BCUT2D eigenvalue weighted by atomic mass is 10.4. The summed E-state index contributed by atoms with van der Waals surface area (Å²) >= 11 is 9.92. The zero-order chi connectivity index (χ0) is 11.6. The third-order valence-corrected chi connectivity index (χ3v) is 5.96. The summed E-state index contributed by atoms with van der Waals surface area (Å²) in [5.74, 6) is 2.28. The molecule has 0 aromatic carbocycles. The minimum atomic E-state index is -3.56. The van der Waals surface area contributed by atoms with Gasteiger partial charge in [-0.25, -0.2) is 8.42 Å². The second kappa shape index (κ2) is 4.85. The van der Waals surface area contributed by atoms with Gasteiger partial charge in [0.05, 0.1) is 14.9 Å². The fourth-order valence-electron chi connectivity index (χ4n) is 0.784. The van der Waals surface area contributed by atoms with Crippen LogP contribution in [0.2, 0.25) is 5.02 Å². The van der Waals surface area contributed by atoms with Crippen LogP contribution in [0.3, 0.4) is 0 Å².